The topological polar surface area (TPSA) is 394 Å². The highest BCUT2D eigenvalue weighted by Gasteiger charge is 2.84. The molecule has 21 heteroatoms. The highest BCUT2D eigenvalue weighted by atomic mass is 16.8. The van der Waals surface area contributed by atoms with E-state index in [9.17, 15) is 76.3 Å². The van der Waals surface area contributed by atoms with Gasteiger partial charge in [-0.05, 0) is 76.4 Å². The number of aliphatic hydroxyl groups is 18. The molecule has 1 spiro atoms. The number of likely N-dealkylation sites (tertiary alicyclic amines) is 1. The first-order valence-electron chi connectivity index (χ1n) is 16.4. The Balaban J connectivity index is 2.39. The van der Waals surface area contributed by atoms with Crippen LogP contribution >= 0.6 is 0 Å². The Hall–Kier alpha value is -1.29. The smallest absolute Gasteiger partial charge is 0.338 e. The zero-order valence-electron chi connectivity index (χ0n) is 27.8. The van der Waals surface area contributed by atoms with Gasteiger partial charge in [-0.15, -0.1) is 0 Å². The number of rotatable bonds is 19. The van der Waals surface area contributed by atoms with Gasteiger partial charge in [0.05, 0.1) is 0 Å². The van der Waals surface area contributed by atoms with Crippen LogP contribution in [0.5, 0.6) is 0 Å². The number of aliphatic hydroxyl groups excluding tert-OH is 1. The Morgan fingerprint density at radius 2 is 1.18 bits per heavy atom. The van der Waals surface area contributed by atoms with Gasteiger partial charge in [0.1, 0.15) is 12.0 Å². The second kappa shape index (κ2) is 15.6. The molecule has 50 heavy (non-hydrogen) atoms. The maximum Gasteiger partial charge on any atom is 0.338 e. The summed E-state index contributed by atoms with van der Waals surface area (Å²) in [6, 6.07) is 0. The van der Waals surface area contributed by atoms with E-state index in [-0.39, 0.29) is 18.4 Å². The maximum atomic E-state index is 13.5. The molecule has 1 aliphatic heterocycles. The van der Waals surface area contributed by atoms with Crippen molar-refractivity contribution in [3.05, 3.63) is 0 Å². The Bertz CT molecular complexity index is 1110. The van der Waals surface area contributed by atoms with Gasteiger partial charge in [-0.1, -0.05) is 32.6 Å². The van der Waals surface area contributed by atoms with Crippen LogP contribution in [-0.2, 0) is 9.53 Å². The minimum absolute atomic E-state index is 0.0794. The molecule has 0 radical (unpaired) electrons. The highest BCUT2D eigenvalue weighted by molar-refractivity contribution is 5.74. The van der Waals surface area contributed by atoms with Crippen LogP contribution in [0.1, 0.15) is 84.0 Å². The minimum atomic E-state index is -5.83. The molecule has 0 bridgehead atoms. The van der Waals surface area contributed by atoms with E-state index < -0.39 is 70.9 Å². The van der Waals surface area contributed by atoms with E-state index in [0.717, 1.165) is 38.9 Å². The molecule has 2 fully saturated rings. The molecule has 2 atom stereocenters. The number of ether oxygens (including phenoxy) is 1. The first kappa shape index (κ1) is 44.9. The van der Waals surface area contributed by atoms with E-state index in [1.54, 1.807) is 6.92 Å². The van der Waals surface area contributed by atoms with E-state index >= 15 is 0 Å². The molecular weight excluding hydrogens is 682 g/mol. The van der Waals surface area contributed by atoms with Crippen LogP contribution in [0.25, 0.3) is 0 Å². The molecule has 1 heterocycles. The fourth-order valence-corrected chi connectivity index (χ4v) is 6.62. The standard InChI is InChI=1S/C29H55NO20/c1-2-3-4-5-8-19(20(32)50-18-9-10-21(17-18)11-14-30(15-12-21)13-6-7-16-31)22(33,34)23(35,36)24(37,38)25(39,40)26(41,42)27(43,44)28(45,46)29(47,48)49/h18-19,31,33-49H,2-17H2,1H3. The molecule has 1 saturated heterocycles. The van der Waals surface area contributed by atoms with E-state index in [1.165, 1.54) is 0 Å². The quantitative estimate of drug-likeness (QED) is 0.0332. The second-order valence-electron chi connectivity index (χ2n) is 13.9. The average molecular weight is 738 g/mol. The van der Waals surface area contributed by atoms with E-state index in [0.29, 0.717) is 44.9 Å². The number of nitrogens with zero attached hydrogens (tertiary/aromatic N) is 1. The lowest BCUT2D eigenvalue weighted by Crippen LogP contribution is -2.88. The van der Waals surface area contributed by atoms with Crippen LogP contribution in [-0.4, -0.2) is 182 Å². The first-order chi connectivity index (χ1) is 22.5. The third-order valence-electron chi connectivity index (χ3n) is 10.3. The van der Waals surface area contributed by atoms with Gasteiger partial charge in [0.25, 0.3) is 28.9 Å². The number of carbonyl (C=O) groups excluding carboxylic acids is 1. The summed E-state index contributed by atoms with van der Waals surface area (Å²) in [5, 5.41) is 181. The molecule has 1 saturated carbocycles. The molecule has 1 aliphatic carbocycles. The van der Waals surface area contributed by atoms with Crippen molar-refractivity contribution in [2.45, 2.75) is 137 Å². The number of esters is 1. The van der Waals surface area contributed by atoms with Gasteiger partial charge in [0.2, 0.25) is 5.79 Å². The summed E-state index contributed by atoms with van der Waals surface area (Å²) in [4.78, 5) is 15.7. The van der Waals surface area contributed by atoms with Gasteiger partial charge >= 0.3 is 17.7 Å². The summed E-state index contributed by atoms with van der Waals surface area (Å²) in [6.45, 7) is 4.16. The Kier molecular flexibility index (Phi) is 14.0. The van der Waals surface area contributed by atoms with Crippen LogP contribution in [0.2, 0.25) is 0 Å². The van der Waals surface area contributed by atoms with Crippen molar-refractivity contribution >= 4 is 5.97 Å². The van der Waals surface area contributed by atoms with Gasteiger partial charge in [-0.2, -0.15) is 0 Å². The van der Waals surface area contributed by atoms with Gasteiger partial charge in [0, 0.05) is 6.61 Å². The normalized spacial score (nSPS) is 21.1. The number of unbranched alkanes of at least 4 members (excludes halogenated alkanes) is 4. The number of piperidine rings is 1. The SMILES string of the molecule is CCCCCCC(C(=O)OC1CCC2(CCN(CCCCO)CC2)C1)C(O)(O)C(O)(O)C(O)(O)C(O)(O)C(O)(O)C(O)(O)C(O)(O)C(O)(O)O. The van der Waals surface area contributed by atoms with E-state index in [1.807, 2.05) is 0 Å². The fourth-order valence-electron chi connectivity index (χ4n) is 6.62. The summed E-state index contributed by atoms with van der Waals surface area (Å²) in [5.41, 5.74) is -0.238. The monoisotopic (exact) mass is 737 g/mol. The van der Waals surface area contributed by atoms with Crippen molar-refractivity contribution in [2.24, 2.45) is 11.3 Å². The van der Waals surface area contributed by atoms with Crippen LogP contribution in [0.15, 0.2) is 0 Å². The molecule has 2 unspecified atom stereocenters. The number of carbonyl (C=O) groups is 1. The van der Waals surface area contributed by atoms with Crippen molar-refractivity contribution in [3.63, 3.8) is 0 Å². The Morgan fingerprint density at radius 1 is 0.680 bits per heavy atom. The van der Waals surface area contributed by atoms with Crippen molar-refractivity contribution < 1.29 is 101 Å². The van der Waals surface area contributed by atoms with Crippen LogP contribution in [0.3, 0.4) is 0 Å². The fraction of sp³-hybridized carbons (Fsp3) is 0.966. The minimum Gasteiger partial charge on any atom is -0.462 e. The lowest BCUT2D eigenvalue weighted by atomic mass is 9.75. The summed E-state index contributed by atoms with van der Waals surface area (Å²) >= 11 is 0. The van der Waals surface area contributed by atoms with E-state index in [4.69, 9.17) is 25.2 Å². The molecule has 2 aliphatic rings. The Labute approximate surface area is 286 Å². The van der Waals surface area contributed by atoms with Gasteiger partial charge in [-0.3, -0.25) is 4.79 Å². The van der Waals surface area contributed by atoms with Crippen LogP contribution in [0.4, 0.5) is 0 Å². The van der Waals surface area contributed by atoms with Crippen molar-refractivity contribution in [1.29, 1.82) is 0 Å². The van der Waals surface area contributed by atoms with E-state index in [2.05, 4.69) is 4.90 Å². The molecule has 0 amide bonds. The number of hydrogen-bond acceptors (Lipinski definition) is 21. The molecule has 21 nitrogen and oxygen atoms in total. The lowest BCUT2D eigenvalue weighted by molar-refractivity contribution is -0.599. The maximum absolute atomic E-state index is 13.5. The molecule has 296 valence electrons. The second-order valence-corrected chi connectivity index (χ2v) is 13.9. The molecule has 2 rings (SSSR count). The first-order valence-corrected chi connectivity index (χ1v) is 16.4. The summed E-state index contributed by atoms with van der Waals surface area (Å²) in [6.07, 6.45) is 4.04. The lowest BCUT2D eigenvalue weighted by Gasteiger charge is -2.55. The van der Waals surface area contributed by atoms with Crippen molar-refractivity contribution in [1.82, 2.24) is 4.90 Å². The summed E-state index contributed by atoms with van der Waals surface area (Å²) < 4.78 is 5.51. The molecule has 0 aromatic carbocycles. The Morgan fingerprint density at radius 3 is 1.66 bits per heavy atom. The largest absolute Gasteiger partial charge is 0.462 e. The summed E-state index contributed by atoms with van der Waals surface area (Å²) in [7, 11) is 0. The zero-order valence-corrected chi connectivity index (χ0v) is 27.8. The predicted octanol–water partition coefficient (Wildman–Crippen LogP) is -7.08. The molecule has 0 aromatic rings. The van der Waals surface area contributed by atoms with Gasteiger partial charge in [0.15, 0.2) is 0 Å². The third kappa shape index (κ3) is 8.11. The van der Waals surface area contributed by atoms with Crippen molar-refractivity contribution in [2.75, 3.05) is 26.2 Å². The number of hydrogen-bond donors (Lipinski definition) is 18. The average Bonchev–Trinajstić information content (AvgIpc) is 3.38. The summed E-state index contributed by atoms with van der Waals surface area (Å²) in [5.74, 6) is -47.8. The van der Waals surface area contributed by atoms with Crippen LogP contribution < -0.4 is 0 Å². The molecular formula is C29H55NO20. The molecule has 18 N–H and O–H groups in total. The zero-order chi connectivity index (χ0) is 38.8. The third-order valence-corrected chi connectivity index (χ3v) is 10.3. The van der Waals surface area contributed by atoms with Gasteiger partial charge in [-0.25, -0.2) is 0 Å². The highest BCUT2D eigenvalue weighted by Crippen LogP contribution is 2.50. The van der Waals surface area contributed by atoms with Crippen molar-refractivity contribution in [3.8, 4) is 0 Å². The molecule has 0 aromatic heterocycles. The van der Waals surface area contributed by atoms with Gasteiger partial charge < -0.3 is 102 Å². The predicted molar refractivity (Wildman–Crippen MR) is 160 cm³/mol. The van der Waals surface area contributed by atoms with Crippen LogP contribution in [0, 0.1) is 11.3 Å².